The van der Waals surface area contributed by atoms with E-state index in [2.05, 4.69) is 17.1 Å². The molecule has 2 rings (SSSR count). The third kappa shape index (κ3) is 4.18. The van der Waals surface area contributed by atoms with E-state index in [-0.39, 0.29) is 0 Å². The van der Waals surface area contributed by atoms with Crippen LogP contribution >= 0.6 is 11.8 Å². The first-order valence-electron chi connectivity index (χ1n) is 4.28. The van der Waals surface area contributed by atoms with Gasteiger partial charge in [-0.2, -0.15) is 11.8 Å². The van der Waals surface area contributed by atoms with E-state index in [0.717, 1.165) is 0 Å². The summed E-state index contributed by atoms with van der Waals surface area (Å²) in [5.74, 6) is 2.83. The van der Waals surface area contributed by atoms with Crippen LogP contribution in [0.5, 0.6) is 0 Å². The van der Waals surface area contributed by atoms with Crippen molar-refractivity contribution in [2.45, 2.75) is 25.7 Å². The molecule has 0 unspecified atom stereocenters. The van der Waals surface area contributed by atoms with Gasteiger partial charge in [0.05, 0.1) is 0 Å². The third-order valence-corrected chi connectivity index (χ3v) is 2.94. The molecule has 2 heteroatoms. The second-order valence-electron chi connectivity index (χ2n) is 2.78. The highest BCUT2D eigenvalue weighted by Crippen LogP contribution is 2.14. The molecule has 0 spiro atoms. The molecule has 0 amide bonds. The van der Waals surface area contributed by atoms with Gasteiger partial charge >= 0.3 is 0 Å². The molecule has 0 bridgehead atoms. The Morgan fingerprint density at radius 2 is 1.40 bits per heavy atom. The van der Waals surface area contributed by atoms with Crippen LogP contribution in [-0.4, -0.2) is 24.6 Å². The van der Waals surface area contributed by atoms with Crippen molar-refractivity contribution >= 4 is 11.8 Å². The van der Waals surface area contributed by atoms with Crippen LogP contribution in [-0.2, 0) is 0 Å². The summed E-state index contributed by atoms with van der Waals surface area (Å²) in [7, 11) is 0. The van der Waals surface area contributed by atoms with Crippen molar-refractivity contribution in [1.29, 1.82) is 0 Å². The van der Waals surface area contributed by atoms with E-state index in [1.165, 1.54) is 50.3 Å². The van der Waals surface area contributed by atoms with Gasteiger partial charge in [-0.25, -0.2) is 0 Å². The molecule has 0 aromatic heterocycles. The first kappa shape index (κ1) is 8.41. The van der Waals surface area contributed by atoms with Crippen molar-refractivity contribution in [1.82, 2.24) is 5.32 Å². The zero-order valence-corrected chi connectivity index (χ0v) is 7.38. The van der Waals surface area contributed by atoms with Crippen LogP contribution in [0.25, 0.3) is 0 Å². The van der Waals surface area contributed by atoms with Crippen molar-refractivity contribution in [2.24, 2.45) is 0 Å². The van der Waals surface area contributed by atoms with Crippen LogP contribution in [0.3, 0.4) is 0 Å². The third-order valence-electron chi connectivity index (χ3n) is 1.78. The second-order valence-corrected chi connectivity index (χ2v) is 4.00. The highest BCUT2D eigenvalue weighted by Gasteiger charge is 1.95. The summed E-state index contributed by atoms with van der Waals surface area (Å²) in [6.45, 7) is 2.50. The zero-order chi connectivity index (χ0) is 7.07. The summed E-state index contributed by atoms with van der Waals surface area (Å²) in [6.07, 6.45) is 5.70. The summed E-state index contributed by atoms with van der Waals surface area (Å²) in [5, 5.41) is 3.22. The maximum absolute atomic E-state index is 3.22. The molecule has 10 heavy (non-hydrogen) atoms. The topological polar surface area (TPSA) is 12.0 Å². The average Bonchev–Trinajstić information content (AvgIpc) is 2.67. The maximum atomic E-state index is 3.22. The molecular weight excluding hydrogens is 142 g/mol. The lowest BCUT2D eigenvalue weighted by Crippen LogP contribution is -2.03. The van der Waals surface area contributed by atoms with Crippen LogP contribution in [0.15, 0.2) is 0 Å². The van der Waals surface area contributed by atoms with Gasteiger partial charge in [0.2, 0.25) is 0 Å². The van der Waals surface area contributed by atoms with Gasteiger partial charge in [-0.15, -0.1) is 0 Å². The van der Waals surface area contributed by atoms with Gasteiger partial charge in [-0.3, -0.25) is 0 Å². The van der Waals surface area contributed by atoms with Crippen molar-refractivity contribution < 1.29 is 0 Å². The molecule has 1 N–H and O–H groups in total. The fourth-order valence-electron chi connectivity index (χ4n) is 1.14. The first-order valence-corrected chi connectivity index (χ1v) is 5.44. The van der Waals surface area contributed by atoms with Crippen molar-refractivity contribution in [2.75, 3.05) is 24.6 Å². The Balaban J connectivity index is 0.0000001000. The molecule has 0 aromatic carbocycles. The maximum Gasteiger partial charge on any atom is -0.00484 e. The Hall–Kier alpha value is 0.310. The van der Waals surface area contributed by atoms with Crippen LogP contribution in [0.2, 0.25) is 0 Å². The fraction of sp³-hybridized carbons (Fsp3) is 1.00. The molecule has 2 saturated heterocycles. The summed E-state index contributed by atoms with van der Waals surface area (Å²) in [6, 6.07) is 0. The standard InChI is InChI=1S/C4H9N.C4H8S/c2*1-2-4-5-3-1/h5H,1-4H2;1-4H2. The molecular formula is C8H17NS. The number of rotatable bonds is 0. The molecule has 1 nitrogen and oxygen atoms in total. The molecule has 0 aromatic rings. The van der Waals surface area contributed by atoms with E-state index in [1.807, 2.05) is 0 Å². The highest BCUT2D eigenvalue weighted by atomic mass is 32.2. The molecule has 0 saturated carbocycles. The van der Waals surface area contributed by atoms with Gasteiger partial charge in [0.1, 0.15) is 0 Å². The molecule has 2 fully saturated rings. The minimum Gasteiger partial charge on any atom is -0.317 e. The van der Waals surface area contributed by atoms with Crippen molar-refractivity contribution in [3.63, 3.8) is 0 Å². The summed E-state index contributed by atoms with van der Waals surface area (Å²) >= 11 is 2.07. The fourth-order valence-corrected chi connectivity index (χ4v) is 2.16. The van der Waals surface area contributed by atoms with E-state index in [9.17, 15) is 0 Å². The number of hydrogen-bond acceptors (Lipinski definition) is 2. The highest BCUT2D eigenvalue weighted by molar-refractivity contribution is 7.99. The molecule has 0 radical (unpaired) electrons. The van der Waals surface area contributed by atoms with Crippen LogP contribution in [0, 0.1) is 0 Å². The summed E-state index contributed by atoms with van der Waals surface area (Å²) in [5.41, 5.74) is 0. The molecule has 60 valence electrons. The van der Waals surface area contributed by atoms with E-state index >= 15 is 0 Å². The largest absolute Gasteiger partial charge is 0.317 e. The quantitative estimate of drug-likeness (QED) is 0.579. The van der Waals surface area contributed by atoms with Gasteiger partial charge < -0.3 is 5.32 Å². The SMILES string of the molecule is C1CCNC1.C1CCSC1. The molecule has 2 aliphatic heterocycles. The van der Waals surface area contributed by atoms with E-state index in [1.54, 1.807) is 0 Å². The van der Waals surface area contributed by atoms with Gasteiger partial charge in [-0.05, 0) is 50.3 Å². The predicted molar refractivity (Wildman–Crippen MR) is 48.7 cm³/mol. The minimum atomic E-state index is 1.25. The average molecular weight is 159 g/mol. The number of hydrogen-bond donors (Lipinski definition) is 1. The predicted octanol–water partition coefficient (Wildman–Crippen LogP) is 1.88. The van der Waals surface area contributed by atoms with Crippen LogP contribution in [0.1, 0.15) is 25.7 Å². The Morgan fingerprint density at radius 3 is 1.60 bits per heavy atom. The van der Waals surface area contributed by atoms with Gasteiger partial charge in [0.15, 0.2) is 0 Å². The Bertz CT molecular complexity index is 42.4. The van der Waals surface area contributed by atoms with Crippen LogP contribution < -0.4 is 5.32 Å². The molecule has 2 aliphatic rings. The monoisotopic (exact) mass is 159 g/mol. The van der Waals surface area contributed by atoms with Crippen molar-refractivity contribution in [3.05, 3.63) is 0 Å². The number of thioether (sulfide) groups is 1. The normalized spacial score (nSPS) is 24.0. The smallest absolute Gasteiger partial charge is 0.00484 e. The molecule has 0 aliphatic carbocycles. The lowest BCUT2D eigenvalue weighted by atomic mass is 10.4. The second kappa shape index (κ2) is 6.05. The lowest BCUT2D eigenvalue weighted by molar-refractivity contribution is 0.857. The van der Waals surface area contributed by atoms with E-state index < -0.39 is 0 Å². The number of nitrogens with one attached hydrogen (secondary N) is 1. The summed E-state index contributed by atoms with van der Waals surface area (Å²) in [4.78, 5) is 0. The van der Waals surface area contributed by atoms with Crippen LogP contribution in [0.4, 0.5) is 0 Å². The molecule has 0 atom stereocenters. The van der Waals surface area contributed by atoms with E-state index in [4.69, 9.17) is 0 Å². The Morgan fingerprint density at radius 1 is 0.800 bits per heavy atom. The van der Waals surface area contributed by atoms with Gasteiger partial charge in [0.25, 0.3) is 0 Å². The van der Waals surface area contributed by atoms with E-state index in [0.29, 0.717) is 0 Å². The Kier molecular flexibility index (Phi) is 5.08. The Labute approximate surface area is 68.0 Å². The van der Waals surface area contributed by atoms with Gasteiger partial charge in [-0.1, -0.05) is 0 Å². The zero-order valence-electron chi connectivity index (χ0n) is 6.57. The van der Waals surface area contributed by atoms with Gasteiger partial charge in [0, 0.05) is 0 Å². The minimum absolute atomic E-state index is 1.25. The van der Waals surface area contributed by atoms with Crippen molar-refractivity contribution in [3.8, 4) is 0 Å². The summed E-state index contributed by atoms with van der Waals surface area (Å²) < 4.78 is 0. The lowest BCUT2D eigenvalue weighted by Gasteiger charge is -1.76. The molecule has 2 heterocycles. The first-order chi connectivity index (χ1) is 5.00.